The zero-order chi connectivity index (χ0) is 13.2. The van der Waals surface area contributed by atoms with E-state index in [0.29, 0.717) is 12.0 Å². The van der Waals surface area contributed by atoms with Gasteiger partial charge in [-0.25, -0.2) is 9.67 Å². The van der Waals surface area contributed by atoms with Crippen LogP contribution in [0.4, 0.5) is 0 Å². The predicted octanol–water partition coefficient (Wildman–Crippen LogP) is 0.860. The highest BCUT2D eigenvalue weighted by Gasteiger charge is 2.24. The Morgan fingerprint density at radius 1 is 1.32 bits per heavy atom. The van der Waals surface area contributed by atoms with Crippen molar-refractivity contribution >= 4 is 0 Å². The van der Waals surface area contributed by atoms with Gasteiger partial charge in [0.1, 0.15) is 5.82 Å². The van der Waals surface area contributed by atoms with Crippen LogP contribution < -0.4 is 0 Å². The van der Waals surface area contributed by atoms with Crippen LogP contribution in [0, 0.1) is 5.92 Å². The highest BCUT2D eigenvalue weighted by molar-refractivity contribution is 4.99. The molecule has 3 rings (SSSR count). The summed E-state index contributed by atoms with van der Waals surface area (Å²) in [7, 11) is 2.21. The summed E-state index contributed by atoms with van der Waals surface area (Å²) in [6.07, 6.45) is 6.88. The summed E-state index contributed by atoms with van der Waals surface area (Å²) in [6.45, 7) is 2.30. The van der Waals surface area contributed by atoms with E-state index in [1.807, 2.05) is 4.68 Å². The third-order valence-corrected chi connectivity index (χ3v) is 4.60. The Bertz CT molecular complexity index is 431. The van der Waals surface area contributed by atoms with E-state index in [4.69, 9.17) is 4.98 Å². The molecule has 0 spiro atoms. The van der Waals surface area contributed by atoms with Crippen molar-refractivity contribution in [1.29, 1.82) is 0 Å². The summed E-state index contributed by atoms with van der Waals surface area (Å²) < 4.78 is 2.02. The zero-order valence-corrected chi connectivity index (χ0v) is 11.8. The van der Waals surface area contributed by atoms with Crippen LogP contribution in [0.15, 0.2) is 0 Å². The molecule has 0 aliphatic carbocycles. The smallest absolute Gasteiger partial charge is 0.152 e. The fourth-order valence-corrected chi connectivity index (χ4v) is 3.27. The van der Waals surface area contributed by atoms with Gasteiger partial charge in [0.15, 0.2) is 5.82 Å². The van der Waals surface area contributed by atoms with Crippen LogP contribution in [0.2, 0.25) is 0 Å². The van der Waals surface area contributed by atoms with Gasteiger partial charge in [-0.15, -0.1) is 0 Å². The topological polar surface area (TPSA) is 54.2 Å². The van der Waals surface area contributed by atoms with Gasteiger partial charge in [0.25, 0.3) is 0 Å². The first-order chi connectivity index (χ1) is 9.26. The number of rotatable bonds is 3. The highest BCUT2D eigenvalue weighted by atomic mass is 16.3. The number of aliphatic hydroxyl groups is 1. The first kappa shape index (κ1) is 13.1. The number of aliphatic hydroxyl groups excluding tert-OH is 1. The molecule has 106 valence electrons. The quantitative estimate of drug-likeness (QED) is 0.880. The molecule has 1 saturated heterocycles. The third kappa shape index (κ3) is 2.82. The molecule has 0 aromatic carbocycles. The average molecular weight is 264 g/mol. The van der Waals surface area contributed by atoms with Crippen LogP contribution >= 0.6 is 0 Å². The number of aromatic nitrogens is 3. The fraction of sp³-hybridized carbons (Fsp3) is 0.857. The Hall–Kier alpha value is -0.940. The molecular formula is C14H24N4O. The molecule has 0 saturated carbocycles. The number of likely N-dealkylation sites (tertiary alicyclic amines) is 1. The van der Waals surface area contributed by atoms with E-state index in [-0.39, 0.29) is 6.61 Å². The molecule has 2 aliphatic rings. The first-order valence-corrected chi connectivity index (χ1v) is 7.50. The van der Waals surface area contributed by atoms with Crippen molar-refractivity contribution in [2.24, 2.45) is 5.92 Å². The maximum atomic E-state index is 9.25. The summed E-state index contributed by atoms with van der Waals surface area (Å²) in [5, 5.41) is 13.9. The van der Waals surface area contributed by atoms with Gasteiger partial charge in [0, 0.05) is 38.0 Å². The van der Waals surface area contributed by atoms with Crippen molar-refractivity contribution in [3.05, 3.63) is 11.6 Å². The van der Waals surface area contributed by atoms with Gasteiger partial charge >= 0.3 is 0 Å². The maximum absolute atomic E-state index is 9.25. The number of likely N-dealkylation sites (N-methyl/N-ethyl adjacent to an activating group) is 1. The van der Waals surface area contributed by atoms with Crippen molar-refractivity contribution in [1.82, 2.24) is 19.7 Å². The monoisotopic (exact) mass is 264 g/mol. The van der Waals surface area contributed by atoms with Crippen molar-refractivity contribution in [3.8, 4) is 0 Å². The van der Waals surface area contributed by atoms with Crippen LogP contribution in [-0.4, -0.2) is 51.0 Å². The molecule has 1 N–H and O–H groups in total. The molecule has 0 amide bonds. The van der Waals surface area contributed by atoms with Crippen LogP contribution in [0.3, 0.4) is 0 Å². The fourth-order valence-electron chi connectivity index (χ4n) is 3.27. The largest absolute Gasteiger partial charge is 0.396 e. The highest BCUT2D eigenvalue weighted by Crippen LogP contribution is 2.21. The molecule has 0 radical (unpaired) electrons. The van der Waals surface area contributed by atoms with Gasteiger partial charge in [0.05, 0.1) is 0 Å². The molecule has 2 unspecified atom stereocenters. The molecule has 3 heterocycles. The van der Waals surface area contributed by atoms with Crippen molar-refractivity contribution < 1.29 is 5.11 Å². The lowest BCUT2D eigenvalue weighted by Gasteiger charge is -2.31. The van der Waals surface area contributed by atoms with E-state index in [9.17, 15) is 5.11 Å². The molecule has 1 aromatic heterocycles. The molecule has 5 heteroatoms. The SMILES string of the molecule is CN1CCCCC1Cc1nc2n(n1)CC(CO)CC2. The van der Waals surface area contributed by atoms with Gasteiger partial charge in [0.2, 0.25) is 0 Å². The summed E-state index contributed by atoms with van der Waals surface area (Å²) in [5.74, 6) is 2.46. The molecule has 5 nitrogen and oxygen atoms in total. The Balaban J connectivity index is 1.67. The van der Waals surface area contributed by atoms with Gasteiger partial charge in [-0.05, 0) is 32.9 Å². The molecule has 0 bridgehead atoms. The third-order valence-electron chi connectivity index (χ3n) is 4.60. The Kier molecular flexibility index (Phi) is 3.84. The van der Waals surface area contributed by atoms with Crippen molar-refractivity contribution in [2.75, 3.05) is 20.2 Å². The normalized spacial score (nSPS) is 28.3. The second-order valence-electron chi connectivity index (χ2n) is 6.05. The summed E-state index contributed by atoms with van der Waals surface area (Å²) >= 11 is 0. The molecule has 2 aliphatic heterocycles. The van der Waals surface area contributed by atoms with Gasteiger partial charge in [-0.2, -0.15) is 5.10 Å². The van der Waals surface area contributed by atoms with Gasteiger partial charge in [-0.3, -0.25) is 0 Å². The minimum Gasteiger partial charge on any atom is -0.396 e. The molecule has 1 fully saturated rings. The second-order valence-corrected chi connectivity index (χ2v) is 6.05. The molecule has 1 aromatic rings. The van der Waals surface area contributed by atoms with Gasteiger partial charge < -0.3 is 10.0 Å². The Morgan fingerprint density at radius 3 is 3.00 bits per heavy atom. The standard InChI is InChI=1S/C14H24N4O/c1-17-7-3-2-4-12(17)8-13-15-14-6-5-11(10-19)9-18(14)16-13/h11-12,19H,2-10H2,1H3. The number of aryl methyl sites for hydroxylation is 1. The minimum absolute atomic E-state index is 0.264. The number of hydrogen-bond acceptors (Lipinski definition) is 4. The van der Waals surface area contributed by atoms with Gasteiger partial charge in [-0.1, -0.05) is 6.42 Å². The number of fused-ring (bicyclic) bond motifs is 1. The average Bonchev–Trinajstić information content (AvgIpc) is 2.82. The van der Waals surface area contributed by atoms with Crippen LogP contribution in [0.5, 0.6) is 0 Å². The second kappa shape index (κ2) is 5.59. The first-order valence-electron chi connectivity index (χ1n) is 7.50. The predicted molar refractivity (Wildman–Crippen MR) is 72.9 cm³/mol. The minimum atomic E-state index is 0.264. The van der Waals surface area contributed by atoms with Crippen LogP contribution in [-0.2, 0) is 19.4 Å². The Labute approximate surface area is 114 Å². The number of nitrogens with zero attached hydrogens (tertiary/aromatic N) is 4. The lowest BCUT2D eigenvalue weighted by Crippen LogP contribution is -2.37. The van der Waals surface area contributed by atoms with Crippen LogP contribution in [0.25, 0.3) is 0 Å². The Morgan fingerprint density at radius 2 is 2.21 bits per heavy atom. The zero-order valence-electron chi connectivity index (χ0n) is 11.8. The molecule has 2 atom stereocenters. The van der Waals surface area contributed by atoms with E-state index in [1.165, 1.54) is 25.8 Å². The number of piperidine rings is 1. The molecule has 19 heavy (non-hydrogen) atoms. The van der Waals surface area contributed by atoms with E-state index in [1.54, 1.807) is 0 Å². The molecular weight excluding hydrogens is 240 g/mol. The lowest BCUT2D eigenvalue weighted by molar-refractivity contribution is 0.180. The van der Waals surface area contributed by atoms with E-state index in [0.717, 1.165) is 37.5 Å². The summed E-state index contributed by atoms with van der Waals surface area (Å²) in [5.41, 5.74) is 0. The summed E-state index contributed by atoms with van der Waals surface area (Å²) in [6, 6.07) is 0.604. The van der Waals surface area contributed by atoms with E-state index < -0.39 is 0 Å². The summed E-state index contributed by atoms with van der Waals surface area (Å²) in [4.78, 5) is 7.14. The van der Waals surface area contributed by atoms with E-state index in [2.05, 4.69) is 17.0 Å². The van der Waals surface area contributed by atoms with Crippen molar-refractivity contribution in [2.45, 2.75) is 51.1 Å². The van der Waals surface area contributed by atoms with Crippen LogP contribution in [0.1, 0.15) is 37.3 Å². The van der Waals surface area contributed by atoms with E-state index >= 15 is 0 Å². The maximum Gasteiger partial charge on any atom is 0.152 e. The van der Waals surface area contributed by atoms with Crippen molar-refractivity contribution in [3.63, 3.8) is 0 Å². The lowest BCUT2D eigenvalue weighted by atomic mass is 10.00. The number of hydrogen-bond donors (Lipinski definition) is 1.